The summed E-state index contributed by atoms with van der Waals surface area (Å²) in [5.74, 6) is 0.234. The topological polar surface area (TPSA) is 81.7 Å². The van der Waals surface area contributed by atoms with E-state index >= 15 is 0 Å². The molecular formula is C14H21Na2O5P. The van der Waals surface area contributed by atoms with Crippen molar-refractivity contribution >= 4 is 7.82 Å². The van der Waals surface area contributed by atoms with Crippen LogP contribution >= 0.6 is 7.82 Å². The van der Waals surface area contributed by atoms with Crippen LogP contribution in [0.3, 0.4) is 0 Å². The van der Waals surface area contributed by atoms with Crippen molar-refractivity contribution in [2.45, 2.75) is 52.4 Å². The minimum absolute atomic E-state index is 0. The first-order valence-electron chi connectivity index (χ1n) is 6.34. The maximum atomic E-state index is 10.5. The molecule has 0 aliphatic heterocycles. The van der Waals surface area contributed by atoms with E-state index in [1.807, 2.05) is 32.9 Å². The van der Waals surface area contributed by atoms with Crippen molar-refractivity contribution in [3.8, 4) is 5.75 Å². The van der Waals surface area contributed by atoms with Gasteiger partial charge in [0.25, 0.3) is 0 Å². The van der Waals surface area contributed by atoms with E-state index in [1.165, 1.54) is 0 Å². The van der Waals surface area contributed by atoms with Crippen molar-refractivity contribution in [1.29, 1.82) is 0 Å². The van der Waals surface area contributed by atoms with E-state index in [9.17, 15) is 14.4 Å². The summed E-state index contributed by atoms with van der Waals surface area (Å²) in [7, 11) is -5.17. The Hall–Kier alpha value is 1.13. The Labute approximate surface area is 176 Å². The number of hydrogen-bond acceptors (Lipinski definition) is 5. The maximum absolute atomic E-state index is 10.5. The molecule has 0 fully saturated rings. The van der Waals surface area contributed by atoms with Crippen LogP contribution in [0.4, 0.5) is 0 Å². The van der Waals surface area contributed by atoms with Gasteiger partial charge in [0, 0.05) is 5.56 Å². The molecule has 0 radical (unpaired) electrons. The Balaban J connectivity index is 0. The van der Waals surface area contributed by atoms with Gasteiger partial charge in [0.15, 0.2) is 5.75 Å². The zero-order chi connectivity index (χ0) is 15.8. The number of phosphoric acid groups is 1. The Morgan fingerprint density at radius 1 is 0.955 bits per heavy atom. The third kappa shape index (κ3) is 8.29. The summed E-state index contributed by atoms with van der Waals surface area (Å²) in [6.45, 7) is 12.1. The molecule has 0 saturated carbocycles. The van der Waals surface area contributed by atoms with Gasteiger partial charge in [-0.2, -0.15) is 4.67 Å². The first-order valence-corrected chi connectivity index (χ1v) is 7.80. The summed E-state index contributed by atoms with van der Waals surface area (Å²) in [6.07, 6.45) is 0. The van der Waals surface area contributed by atoms with Crippen LogP contribution in [0, 0.1) is 0 Å². The Morgan fingerprint density at radius 3 is 1.82 bits per heavy atom. The fraction of sp³-hybridized carbons (Fsp3) is 0.571. The quantitative estimate of drug-likeness (QED) is 0.245. The van der Waals surface area contributed by atoms with E-state index in [2.05, 4.69) is 25.4 Å². The molecule has 0 unspecified atom stereocenters. The minimum Gasteiger partial charge on any atom is -0.787 e. The van der Waals surface area contributed by atoms with Crippen LogP contribution in [0.15, 0.2) is 18.2 Å². The molecule has 0 spiro atoms. The number of benzene rings is 1. The average molecular weight is 346 g/mol. The SMILES string of the molecule is CC(C)(C)c1ccc(OOP(=O)([O-])[O-])c(C(C)(C)C)c1.[Na+].[Na+]. The number of hydrogen-bond donors (Lipinski definition) is 0. The van der Waals surface area contributed by atoms with E-state index in [0.717, 1.165) is 11.1 Å². The van der Waals surface area contributed by atoms with Crippen molar-refractivity contribution in [1.82, 2.24) is 0 Å². The molecule has 0 amide bonds. The fourth-order valence-electron chi connectivity index (χ4n) is 1.74. The van der Waals surface area contributed by atoms with Gasteiger partial charge in [-0.25, -0.2) is 0 Å². The number of rotatable bonds is 3. The average Bonchev–Trinajstić information content (AvgIpc) is 2.22. The third-order valence-corrected chi connectivity index (χ3v) is 3.13. The Morgan fingerprint density at radius 2 is 1.45 bits per heavy atom. The molecule has 0 aromatic heterocycles. The second-order valence-corrected chi connectivity index (χ2v) is 7.86. The minimum atomic E-state index is -5.17. The first-order chi connectivity index (χ1) is 8.81. The van der Waals surface area contributed by atoms with Crippen LogP contribution in [0.2, 0.25) is 0 Å². The van der Waals surface area contributed by atoms with Crippen molar-refractivity contribution in [2.75, 3.05) is 0 Å². The molecular weight excluding hydrogens is 325 g/mol. The van der Waals surface area contributed by atoms with Crippen LogP contribution in [0.1, 0.15) is 52.7 Å². The molecule has 0 saturated heterocycles. The standard InChI is InChI=1S/C14H23O5P.2Na/c1-13(2,3)10-7-8-12(18-19-20(15,16)17)11(9-10)14(4,5)6;;/h7-9H,1-6H3,(H2,15,16,17);;/q;2*+1/p-2. The van der Waals surface area contributed by atoms with Gasteiger partial charge in [-0.15, -0.1) is 0 Å². The summed E-state index contributed by atoms with van der Waals surface area (Å²) in [6, 6.07) is 5.39. The predicted octanol–water partition coefficient (Wildman–Crippen LogP) is -3.57. The zero-order valence-corrected chi connectivity index (χ0v) is 19.6. The Bertz CT molecular complexity index is 529. The molecule has 5 nitrogen and oxygen atoms in total. The first kappa shape index (κ1) is 25.4. The molecule has 1 aromatic rings. The molecule has 0 aliphatic rings. The molecule has 0 bridgehead atoms. The van der Waals surface area contributed by atoms with Crippen molar-refractivity contribution < 1.29 is 83.0 Å². The van der Waals surface area contributed by atoms with Gasteiger partial charge in [0.05, 0.1) is 0 Å². The van der Waals surface area contributed by atoms with Gasteiger partial charge in [-0.05, 0) is 22.5 Å². The fourth-order valence-corrected chi connectivity index (χ4v) is 1.91. The molecule has 8 heteroatoms. The van der Waals surface area contributed by atoms with Crippen molar-refractivity contribution in [3.05, 3.63) is 29.3 Å². The summed E-state index contributed by atoms with van der Waals surface area (Å²) in [5.41, 5.74) is 1.53. The molecule has 0 aliphatic carbocycles. The summed E-state index contributed by atoms with van der Waals surface area (Å²) < 4.78 is 14.4. The van der Waals surface area contributed by atoms with Gasteiger partial charge in [-0.1, -0.05) is 53.7 Å². The van der Waals surface area contributed by atoms with E-state index in [0.29, 0.717) is 0 Å². The maximum Gasteiger partial charge on any atom is 1.00 e. The van der Waals surface area contributed by atoms with Crippen LogP contribution in [0.5, 0.6) is 5.75 Å². The van der Waals surface area contributed by atoms with Crippen molar-refractivity contribution in [3.63, 3.8) is 0 Å². The Kier molecular flexibility index (Phi) is 10.4. The van der Waals surface area contributed by atoms with E-state index in [1.54, 1.807) is 6.07 Å². The van der Waals surface area contributed by atoms with Gasteiger partial charge >= 0.3 is 59.1 Å². The van der Waals surface area contributed by atoms with Crippen molar-refractivity contribution in [2.24, 2.45) is 0 Å². The third-order valence-electron chi connectivity index (χ3n) is 2.87. The monoisotopic (exact) mass is 346 g/mol. The molecule has 0 atom stereocenters. The molecule has 0 heterocycles. The normalized spacial score (nSPS) is 12.2. The zero-order valence-electron chi connectivity index (χ0n) is 14.7. The van der Waals surface area contributed by atoms with E-state index in [4.69, 9.17) is 4.89 Å². The summed E-state index contributed by atoms with van der Waals surface area (Å²) in [4.78, 5) is 25.7. The second kappa shape index (κ2) is 9.00. The van der Waals surface area contributed by atoms with Crippen LogP contribution in [0.25, 0.3) is 0 Å². The van der Waals surface area contributed by atoms with Gasteiger partial charge in [0.1, 0.15) is 7.82 Å². The molecule has 1 aromatic carbocycles. The predicted molar refractivity (Wildman–Crippen MR) is 73.2 cm³/mol. The van der Waals surface area contributed by atoms with Gasteiger partial charge in [0.2, 0.25) is 0 Å². The molecule has 114 valence electrons. The summed E-state index contributed by atoms with van der Waals surface area (Å²) in [5, 5.41) is 0. The van der Waals surface area contributed by atoms with E-state index in [-0.39, 0.29) is 75.7 Å². The van der Waals surface area contributed by atoms with Crippen LogP contribution in [-0.4, -0.2) is 0 Å². The summed E-state index contributed by atoms with van der Waals surface area (Å²) >= 11 is 0. The van der Waals surface area contributed by atoms with E-state index < -0.39 is 7.82 Å². The second-order valence-electron chi connectivity index (χ2n) is 6.82. The van der Waals surface area contributed by atoms with Crippen LogP contribution < -0.4 is 73.8 Å². The van der Waals surface area contributed by atoms with Crippen LogP contribution in [-0.2, 0) is 20.1 Å². The largest absolute Gasteiger partial charge is 1.00 e. The molecule has 0 N–H and O–H groups in total. The van der Waals surface area contributed by atoms with Gasteiger partial charge in [-0.3, -0.25) is 0 Å². The van der Waals surface area contributed by atoms with Gasteiger partial charge < -0.3 is 19.2 Å². The molecule has 22 heavy (non-hydrogen) atoms. The molecule has 1 rings (SSSR count). The smallest absolute Gasteiger partial charge is 0.787 e.